The van der Waals surface area contributed by atoms with Crippen LogP contribution in [-0.4, -0.2) is 5.91 Å². The van der Waals surface area contributed by atoms with Gasteiger partial charge < -0.3 is 5.32 Å². The summed E-state index contributed by atoms with van der Waals surface area (Å²) in [5.74, 6) is -0.0441. The molecule has 3 aromatic carbocycles. The van der Waals surface area contributed by atoms with Crippen molar-refractivity contribution in [2.24, 2.45) is 0 Å². The molecule has 124 valence electrons. The monoisotopic (exact) mass is 412 g/mol. The fourth-order valence-corrected chi connectivity index (χ4v) is 3.66. The number of anilines is 2. The Morgan fingerprint density at radius 2 is 1.60 bits per heavy atom. The van der Waals surface area contributed by atoms with E-state index in [-0.39, 0.29) is 12.1 Å². The number of nitrogens with zero attached hydrogens (tertiary/aromatic N) is 1. The molecule has 25 heavy (non-hydrogen) atoms. The summed E-state index contributed by atoms with van der Waals surface area (Å²) in [5, 5.41) is 4.13. The molecule has 3 aromatic rings. The van der Waals surface area contributed by atoms with Crippen molar-refractivity contribution in [2.75, 3.05) is 10.2 Å². The van der Waals surface area contributed by atoms with Crippen LogP contribution < -0.4 is 10.2 Å². The van der Waals surface area contributed by atoms with Crippen molar-refractivity contribution in [3.05, 3.63) is 93.4 Å². The summed E-state index contributed by atoms with van der Waals surface area (Å²) in [6, 6.07) is 22.8. The zero-order chi connectivity index (χ0) is 17.4. The number of halogens is 2. The van der Waals surface area contributed by atoms with Crippen molar-refractivity contribution < 1.29 is 4.79 Å². The number of hydrogen-bond donors (Lipinski definition) is 1. The first-order valence-corrected chi connectivity index (χ1v) is 9.01. The lowest BCUT2D eigenvalue weighted by Crippen LogP contribution is -2.43. The van der Waals surface area contributed by atoms with Crippen LogP contribution in [0.5, 0.6) is 0 Å². The van der Waals surface area contributed by atoms with Crippen molar-refractivity contribution in [3.63, 3.8) is 0 Å². The summed E-state index contributed by atoms with van der Waals surface area (Å²) >= 11 is 9.62. The highest BCUT2D eigenvalue weighted by molar-refractivity contribution is 9.10. The fraction of sp³-hybridized carbons (Fsp3) is 0.0500. The van der Waals surface area contributed by atoms with Gasteiger partial charge in [0, 0.05) is 26.4 Å². The van der Waals surface area contributed by atoms with Crippen LogP contribution in [-0.2, 0) is 0 Å². The maximum atomic E-state index is 13.2. The van der Waals surface area contributed by atoms with Gasteiger partial charge in [0.25, 0.3) is 5.91 Å². The van der Waals surface area contributed by atoms with E-state index in [1.54, 1.807) is 17.0 Å². The minimum absolute atomic E-state index is 0.0441. The zero-order valence-electron chi connectivity index (χ0n) is 13.1. The van der Waals surface area contributed by atoms with Crippen LogP contribution in [0, 0.1) is 0 Å². The number of carbonyl (C=O) groups is 1. The molecule has 1 N–H and O–H groups in total. The van der Waals surface area contributed by atoms with Gasteiger partial charge in [-0.05, 0) is 42.5 Å². The predicted molar refractivity (Wildman–Crippen MR) is 105 cm³/mol. The molecule has 3 nitrogen and oxygen atoms in total. The molecule has 1 aliphatic heterocycles. The van der Waals surface area contributed by atoms with E-state index < -0.39 is 0 Å². The Bertz CT molecular complexity index is 942. The minimum atomic E-state index is -0.320. The van der Waals surface area contributed by atoms with Gasteiger partial charge in [-0.15, -0.1) is 0 Å². The van der Waals surface area contributed by atoms with Gasteiger partial charge in [-0.1, -0.05) is 57.9 Å². The van der Waals surface area contributed by atoms with E-state index >= 15 is 0 Å². The molecule has 0 aromatic heterocycles. The number of benzene rings is 3. The Morgan fingerprint density at radius 3 is 2.36 bits per heavy atom. The predicted octanol–water partition coefficient (Wildman–Crippen LogP) is 5.87. The van der Waals surface area contributed by atoms with Crippen molar-refractivity contribution in [1.29, 1.82) is 0 Å². The Morgan fingerprint density at radius 1 is 0.920 bits per heavy atom. The van der Waals surface area contributed by atoms with E-state index in [1.807, 2.05) is 60.7 Å². The van der Waals surface area contributed by atoms with Crippen LogP contribution >= 0.6 is 27.5 Å². The zero-order valence-corrected chi connectivity index (χ0v) is 15.5. The molecule has 0 bridgehead atoms. The smallest absolute Gasteiger partial charge is 0.262 e. The highest BCUT2D eigenvalue weighted by Gasteiger charge is 2.34. The number of fused-ring (bicyclic) bond motifs is 1. The molecular weight excluding hydrogens is 400 g/mol. The van der Waals surface area contributed by atoms with E-state index in [9.17, 15) is 4.79 Å². The quantitative estimate of drug-likeness (QED) is 0.569. The van der Waals surface area contributed by atoms with Crippen molar-refractivity contribution in [3.8, 4) is 0 Å². The Kier molecular flexibility index (Phi) is 4.24. The highest BCUT2D eigenvalue weighted by Crippen LogP contribution is 2.38. The molecule has 1 unspecified atom stereocenters. The third-order valence-electron chi connectivity index (χ3n) is 4.23. The van der Waals surface area contributed by atoms with Gasteiger partial charge in [-0.2, -0.15) is 0 Å². The van der Waals surface area contributed by atoms with Crippen LogP contribution in [0.1, 0.15) is 22.1 Å². The Hall–Kier alpha value is -2.30. The maximum absolute atomic E-state index is 13.2. The van der Waals surface area contributed by atoms with Crippen molar-refractivity contribution in [1.82, 2.24) is 0 Å². The van der Waals surface area contributed by atoms with Crippen LogP contribution in [0.25, 0.3) is 0 Å². The van der Waals surface area contributed by atoms with Crippen LogP contribution in [0.3, 0.4) is 0 Å². The fourth-order valence-electron chi connectivity index (χ4n) is 3.04. The number of carbonyl (C=O) groups excluding carboxylic acids is 1. The normalized spacial score (nSPS) is 16.3. The number of rotatable bonds is 2. The largest absolute Gasteiger partial charge is 0.360 e. The SMILES string of the molecule is O=C1c2ccccc2NC(c2ccccc2Br)N1c1ccc(Cl)cc1. The molecule has 1 heterocycles. The lowest BCUT2D eigenvalue weighted by atomic mass is 10.0. The second-order valence-electron chi connectivity index (χ2n) is 5.77. The molecule has 5 heteroatoms. The summed E-state index contributed by atoms with van der Waals surface area (Å²) < 4.78 is 0.943. The van der Waals surface area contributed by atoms with Gasteiger partial charge in [0.05, 0.1) is 5.56 Å². The topological polar surface area (TPSA) is 32.3 Å². The van der Waals surface area contributed by atoms with Gasteiger partial charge in [0.2, 0.25) is 0 Å². The average molecular weight is 414 g/mol. The van der Waals surface area contributed by atoms with E-state index in [4.69, 9.17) is 11.6 Å². The molecule has 0 radical (unpaired) electrons. The van der Waals surface area contributed by atoms with Gasteiger partial charge in [-0.25, -0.2) is 0 Å². The summed E-state index contributed by atoms with van der Waals surface area (Å²) in [4.78, 5) is 15.0. The Labute approximate surface area is 159 Å². The van der Waals surface area contributed by atoms with E-state index in [2.05, 4.69) is 21.2 Å². The van der Waals surface area contributed by atoms with Gasteiger partial charge in [0.1, 0.15) is 6.17 Å². The minimum Gasteiger partial charge on any atom is -0.360 e. The van der Waals surface area contributed by atoms with E-state index in [0.29, 0.717) is 10.6 Å². The number of para-hydroxylation sites is 1. The van der Waals surface area contributed by atoms with E-state index in [1.165, 1.54) is 0 Å². The third kappa shape index (κ3) is 2.92. The second kappa shape index (κ2) is 6.54. The second-order valence-corrected chi connectivity index (χ2v) is 7.06. The summed E-state index contributed by atoms with van der Waals surface area (Å²) in [6.07, 6.45) is -0.320. The average Bonchev–Trinajstić information content (AvgIpc) is 2.63. The number of nitrogens with one attached hydrogen (secondary N) is 1. The molecule has 4 rings (SSSR count). The molecule has 0 saturated carbocycles. The molecule has 0 fully saturated rings. The molecular formula is C20H14BrClN2O. The molecule has 0 spiro atoms. The summed E-state index contributed by atoms with van der Waals surface area (Å²) in [7, 11) is 0. The standard InChI is InChI=1S/C20H14BrClN2O/c21-17-7-3-1-5-15(17)19-23-18-8-4-2-6-16(18)20(25)24(19)14-11-9-13(22)10-12-14/h1-12,19,23H. The number of hydrogen-bond acceptors (Lipinski definition) is 2. The van der Waals surface area contributed by atoms with Gasteiger partial charge in [-0.3, -0.25) is 9.69 Å². The van der Waals surface area contributed by atoms with Crippen molar-refractivity contribution in [2.45, 2.75) is 6.17 Å². The lowest BCUT2D eigenvalue weighted by molar-refractivity contribution is 0.0975. The van der Waals surface area contributed by atoms with Crippen LogP contribution in [0.4, 0.5) is 11.4 Å². The first-order valence-electron chi connectivity index (χ1n) is 7.84. The lowest BCUT2D eigenvalue weighted by Gasteiger charge is -2.38. The maximum Gasteiger partial charge on any atom is 0.262 e. The highest BCUT2D eigenvalue weighted by atomic mass is 79.9. The molecule has 1 aliphatic rings. The summed E-state index contributed by atoms with van der Waals surface area (Å²) in [5.41, 5.74) is 3.26. The van der Waals surface area contributed by atoms with E-state index in [0.717, 1.165) is 21.4 Å². The molecule has 1 atom stereocenters. The first kappa shape index (κ1) is 16.2. The number of amides is 1. The Balaban J connectivity index is 1.89. The summed E-state index contributed by atoms with van der Waals surface area (Å²) in [6.45, 7) is 0. The van der Waals surface area contributed by atoms with Gasteiger partial charge >= 0.3 is 0 Å². The molecule has 1 amide bonds. The van der Waals surface area contributed by atoms with Crippen molar-refractivity contribution >= 4 is 44.8 Å². The van der Waals surface area contributed by atoms with Crippen LogP contribution in [0.15, 0.2) is 77.3 Å². The molecule has 0 saturated heterocycles. The van der Waals surface area contributed by atoms with Gasteiger partial charge in [0.15, 0.2) is 0 Å². The van der Waals surface area contributed by atoms with Crippen LogP contribution in [0.2, 0.25) is 5.02 Å². The third-order valence-corrected chi connectivity index (χ3v) is 5.21. The first-order chi connectivity index (χ1) is 12.1. The molecule has 0 aliphatic carbocycles.